The lowest BCUT2D eigenvalue weighted by molar-refractivity contribution is 0.118. The van der Waals surface area contributed by atoms with Crippen LogP contribution in [-0.2, 0) is 16.6 Å². The Labute approximate surface area is 160 Å². The van der Waals surface area contributed by atoms with Gasteiger partial charge in [-0.1, -0.05) is 24.3 Å². The number of nitriles is 1. The highest BCUT2D eigenvalue weighted by Gasteiger charge is 2.36. The van der Waals surface area contributed by atoms with Crippen LogP contribution in [0.2, 0.25) is 0 Å². The van der Waals surface area contributed by atoms with Crippen LogP contribution in [-0.4, -0.2) is 56.9 Å². The minimum absolute atomic E-state index is 0.130. The number of fused-ring (bicyclic) bond motifs is 2. The highest BCUT2D eigenvalue weighted by Crippen LogP contribution is 2.29. The summed E-state index contributed by atoms with van der Waals surface area (Å²) in [6.07, 6.45) is 0. The lowest BCUT2D eigenvalue weighted by Crippen LogP contribution is -2.56. The molecular weight excluding hydrogens is 360 g/mol. The predicted molar refractivity (Wildman–Crippen MR) is 104 cm³/mol. The van der Waals surface area contributed by atoms with Crippen molar-refractivity contribution in [2.45, 2.75) is 17.5 Å². The van der Waals surface area contributed by atoms with Crippen molar-refractivity contribution in [1.29, 1.82) is 5.26 Å². The molecule has 0 radical (unpaired) electrons. The first-order valence-corrected chi connectivity index (χ1v) is 10.5. The monoisotopic (exact) mass is 382 g/mol. The number of nitrogens with zero attached hydrogens (tertiary/aromatic N) is 4. The topological polar surface area (TPSA) is 67.6 Å². The summed E-state index contributed by atoms with van der Waals surface area (Å²) in [5.74, 6) is 0. The quantitative estimate of drug-likeness (QED) is 0.793. The molecule has 27 heavy (non-hydrogen) atoms. The Morgan fingerprint density at radius 3 is 2.70 bits per heavy atom. The van der Waals surface area contributed by atoms with Crippen molar-refractivity contribution in [3.8, 4) is 6.07 Å². The minimum atomic E-state index is -3.60. The first kappa shape index (κ1) is 18.0. The van der Waals surface area contributed by atoms with Crippen molar-refractivity contribution < 1.29 is 8.42 Å². The van der Waals surface area contributed by atoms with Gasteiger partial charge in [0, 0.05) is 51.5 Å². The van der Waals surface area contributed by atoms with E-state index in [1.807, 2.05) is 12.1 Å². The molecule has 1 atom stereocenters. The van der Waals surface area contributed by atoms with Crippen LogP contribution in [0.5, 0.6) is 0 Å². The van der Waals surface area contributed by atoms with Crippen molar-refractivity contribution in [1.82, 2.24) is 9.21 Å². The number of hydrogen-bond acceptors (Lipinski definition) is 5. The van der Waals surface area contributed by atoms with E-state index in [9.17, 15) is 8.42 Å². The normalized spacial score (nSPS) is 21.0. The fourth-order valence-corrected chi connectivity index (χ4v) is 5.50. The molecule has 140 valence electrons. The maximum absolute atomic E-state index is 13.1. The highest BCUT2D eigenvalue weighted by molar-refractivity contribution is 7.89. The summed E-state index contributed by atoms with van der Waals surface area (Å²) >= 11 is 0. The molecule has 2 aromatic rings. The van der Waals surface area contributed by atoms with Crippen LogP contribution in [0.25, 0.3) is 0 Å². The summed E-state index contributed by atoms with van der Waals surface area (Å²) in [5, 5.41) is 9.07. The second-order valence-corrected chi connectivity index (χ2v) is 9.07. The van der Waals surface area contributed by atoms with Gasteiger partial charge in [-0.2, -0.15) is 9.57 Å². The Morgan fingerprint density at radius 2 is 1.89 bits per heavy atom. The molecule has 2 aliphatic heterocycles. The smallest absolute Gasteiger partial charge is 0.243 e. The molecule has 1 unspecified atom stereocenters. The molecule has 1 fully saturated rings. The zero-order chi connectivity index (χ0) is 19.0. The van der Waals surface area contributed by atoms with Crippen molar-refractivity contribution in [2.75, 3.05) is 38.1 Å². The van der Waals surface area contributed by atoms with Gasteiger partial charge in [0.05, 0.1) is 16.5 Å². The molecule has 7 heteroatoms. The molecular formula is C20H22N4O2S. The van der Waals surface area contributed by atoms with E-state index in [1.54, 1.807) is 22.5 Å². The molecule has 0 saturated carbocycles. The minimum Gasteiger partial charge on any atom is -0.373 e. The van der Waals surface area contributed by atoms with Gasteiger partial charge in [-0.25, -0.2) is 8.42 Å². The number of sulfonamides is 1. The van der Waals surface area contributed by atoms with Crippen LogP contribution < -0.4 is 4.90 Å². The molecule has 0 amide bonds. The van der Waals surface area contributed by atoms with Gasteiger partial charge in [0.15, 0.2) is 0 Å². The third-order valence-electron chi connectivity index (χ3n) is 5.43. The van der Waals surface area contributed by atoms with E-state index < -0.39 is 10.0 Å². The van der Waals surface area contributed by atoms with E-state index in [0.29, 0.717) is 25.2 Å². The van der Waals surface area contributed by atoms with Crippen molar-refractivity contribution in [2.24, 2.45) is 0 Å². The van der Waals surface area contributed by atoms with Crippen molar-refractivity contribution in [3.05, 3.63) is 59.7 Å². The molecule has 6 nitrogen and oxygen atoms in total. The standard InChI is InChI=1S/C20H22N4O2S/c1-22-14-18-15-24(27(25,26)19-7-4-5-16(11-19)12-21)10-9-23(18)13-17-6-2-3-8-20(17)22/h2-8,11,18H,9-10,13-15H2,1H3. The number of rotatable bonds is 2. The summed E-state index contributed by atoms with van der Waals surface area (Å²) in [5.41, 5.74) is 2.85. The third-order valence-corrected chi connectivity index (χ3v) is 7.29. The largest absolute Gasteiger partial charge is 0.373 e. The van der Waals surface area contributed by atoms with Crippen molar-refractivity contribution in [3.63, 3.8) is 0 Å². The fraction of sp³-hybridized carbons (Fsp3) is 0.350. The highest BCUT2D eigenvalue weighted by atomic mass is 32.2. The second-order valence-electron chi connectivity index (χ2n) is 7.14. The Kier molecular flexibility index (Phi) is 4.64. The van der Waals surface area contributed by atoms with E-state index >= 15 is 0 Å². The average Bonchev–Trinajstić information content (AvgIpc) is 2.83. The Hall–Kier alpha value is -2.40. The van der Waals surface area contributed by atoms with Gasteiger partial charge in [0.1, 0.15) is 0 Å². The van der Waals surface area contributed by atoms with Gasteiger partial charge in [-0.05, 0) is 29.8 Å². The van der Waals surface area contributed by atoms with Crippen LogP contribution in [0.3, 0.4) is 0 Å². The molecule has 1 saturated heterocycles. The molecule has 0 aliphatic carbocycles. The van der Waals surface area contributed by atoms with Crippen molar-refractivity contribution >= 4 is 15.7 Å². The van der Waals surface area contributed by atoms with Gasteiger partial charge in [0.25, 0.3) is 0 Å². The summed E-state index contributed by atoms with van der Waals surface area (Å²) in [6, 6.07) is 16.8. The predicted octanol–water partition coefficient (Wildman–Crippen LogP) is 1.88. The number of likely N-dealkylation sites (N-methyl/N-ethyl adjacent to an activating group) is 1. The number of hydrogen-bond donors (Lipinski definition) is 0. The van der Waals surface area contributed by atoms with Crippen LogP contribution >= 0.6 is 0 Å². The van der Waals surface area contributed by atoms with Crippen LogP contribution in [0.1, 0.15) is 11.1 Å². The molecule has 0 aromatic heterocycles. The zero-order valence-electron chi connectivity index (χ0n) is 15.2. The average molecular weight is 382 g/mol. The molecule has 0 bridgehead atoms. The van der Waals surface area contributed by atoms with E-state index in [0.717, 1.165) is 13.1 Å². The number of benzene rings is 2. The van der Waals surface area contributed by atoms with Gasteiger partial charge in [-0.3, -0.25) is 4.90 Å². The summed E-state index contributed by atoms with van der Waals surface area (Å²) in [7, 11) is -1.54. The van der Waals surface area contributed by atoms with Gasteiger partial charge >= 0.3 is 0 Å². The van der Waals surface area contributed by atoms with Crippen LogP contribution in [0.4, 0.5) is 5.69 Å². The Morgan fingerprint density at radius 1 is 1.07 bits per heavy atom. The van der Waals surface area contributed by atoms with Crippen LogP contribution in [0.15, 0.2) is 53.4 Å². The maximum Gasteiger partial charge on any atom is 0.243 e. The molecule has 2 heterocycles. The first-order valence-electron chi connectivity index (χ1n) is 9.02. The second kappa shape index (κ2) is 6.97. The molecule has 0 N–H and O–H groups in total. The number of para-hydroxylation sites is 1. The number of piperazine rings is 1. The summed E-state index contributed by atoms with van der Waals surface area (Å²) < 4.78 is 27.8. The first-order chi connectivity index (χ1) is 13.0. The molecule has 4 rings (SSSR count). The lowest BCUT2D eigenvalue weighted by Gasteiger charge is -2.40. The molecule has 2 aliphatic rings. The molecule has 2 aromatic carbocycles. The third kappa shape index (κ3) is 3.32. The van der Waals surface area contributed by atoms with Crippen LogP contribution in [0, 0.1) is 11.3 Å². The number of anilines is 1. The summed E-state index contributed by atoms with van der Waals surface area (Å²) in [6.45, 7) is 3.23. The maximum atomic E-state index is 13.1. The summed E-state index contributed by atoms with van der Waals surface area (Å²) in [4.78, 5) is 4.78. The fourth-order valence-electron chi connectivity index (χ4n) is 3.99. The van der Waals surface area contributed by atoms with Gasteiger partial charge in [0.2, 0.25) is 10.0 Å². The van der Waals surface area contributed by atoms with E-state index in [2.05, 4.69) is 35.0 Å². The lowest BCUT2D eigenvalue weighted by atomic mass is 10.1. The van der Waals surface area contributed by atoms with E-state index in [-0.39, 0.29) is 10.9 Å². The molecule has 0 spiro atoms. The Balaban J connectivity index is 1.59. The van der Waals surface area contributed by atoms with Gasteiger partial charge < -0.3 is 4.90 Å². The SMILES string of the molecule is CN1CC2CN(S(=O)(=O)c3cccc(C#N)c3)CCN2Cc2ccccc21. The Bertz CT molecular complexity index is 999. The van der Waals surface area contributed by atoms with E-state index in [4.69, 9.17) is 5.26 Å². The van der Waals surface area contributed by atoms with E-state index in [1.165, 1.54) is 17.3 Å². The van der Waals surface area contributed by atoms with Gasteiger partial charge in [-0.15, -0.1) is 0 Å². The zero-order valence-corrected chi connectivity index (χ0v) is 16.1.